The smallest absolute Gasteiger partial charge is 0.272 e. The number of carbonyl (C=O) groups excluding carboxylic acids is 2. The number of likely N-dealkylation sites (tertiary alicyclic amines) is 1. The molecule has 1 N–H and O–H groups in total. The Balaban J connectivity index is 1.37. The summed E-state index contributed by atoms with van der Waals surface area (Å²) >= 11 is 0. The lowest BCUT2D eigenvalue weighted by molar-refractivity contribution is 0.0442. The first kappa shape index (κ1) is 21.4. The van der Waals surface area contributed by atoms with Gasteiger partial charge in [0, 0.05) is 37.6 Å². The van der Waals surface area contributed by atoms with Crippen LogP contribution in [0.1, 0.15) is 52.1 Å². The molecule has 2 fully saturated rings. The van der Waals surface area contributed by atoms with Gasteiger partial charge in [-0.05, 0) is 55.7 Å². The van der Waals surface area contributed by atoms with E-state index in [0.717, 1.165) is 32.1 Å². The summed E-state index contributed by atoms with van der Waals surface area (Å²) in [6, 6.07) is 16.3. The number of aromatic amines is 1. The van der Waals surface area contributed by atoms with Gasteiger partial charge in [0.25, 0.3) is 11.8 Å². The molecule has 1 aliphatic carbocycles. The van der Waals surface area contributed by atoms with Gasteiger partial charge >= 0.3 is 0 Å². The van der Waals surface area contributed by atoms with E-state index in [0.29, 0.717) is 30.3 Å². The zero-order valence-electron chi connectivity index (χ0n) is 18.6. The van der Waals surface area contributed by atoms with Gasteiger partial charge in [0.2, 0.25) is 0 Å². The summed E-state index contributed by atoms with van der Waals surface area (Å²) < 4.78 is 0. The minimum Gasteiger partial charge on any atom is -0.339 e. The van der Waals surface area contributed by atoms with Crippen LogP contribution < -0.4 is 0 Å². The van der Waals surface area contributed by atoms with Crippen LogP contribution in [0.5, 0.6) is 0 Å². The van der Waals surface area contributed by atoms with Crippen LogP contribution in [0.4, 0.5) is 0 Å². The van der Waals surface area contributed by atoms with Crippen molar-refractivity contribution in [2.24, 2.45) is 5.92 Å². The summed E-state index contributed by atoms with van der Waals surface area (Å²) in [6.45, 7) is 1.38. The molecule has 1 saturated heterocycles. The maximum atomic E-state index is 13.6. The number of aromatic nitrogens is 3. The number of amides is 2. The zero-order chi connectivity index (χ0) is 22.6. The van der Waals surface area contributed by atoms with Crippen molar-refractivity contribution in [2.45, 2.75) is 44.2 Å². The molecule has 0 bridgehead atoms. The maximum absolute atomic E-state index is 13.6. The van der Waals surface area contributed by atoms with Crippen molar-refractivity contribution in [3.8, 4) is 0 Å². The summed E-state index contributed by atoms with van der Waals surface area (Å²) in [6.07, 6.45) is 9.56. The van der Waals surface area contributed by atoms with E-state index in [1.165, 1.54) is 5.56 Å². The summed E-state index contributed by atoms with van der Waals surface area (Å²) in [5.41, 5.74) is 2.34. The molecule has 1 atom stereocenters. The molecular formula is C26H29N5O2. The summed E-state index contributed by atoms with van der Waals surface area (Å²) in [7, 11) is 0. The molecule has 2 aromatic heterocycles. The minimum atomic E-state index is 0.0189. The van der Waals surface area contributed by atoms with Gasteiger partial charge in [0.05, 0.1) is 11.8 Å². The van der Waals surface area contributed by atoms with Gasteiger partial charge in [0.15, 0.2) is 0 Å². The lowest BCUT2D eigenvalue weighted by Gasteiger charge is -2.41. The highest BCUT2D eigenvalue weighted by Gasteiger charge is 2.42. The lowest BCUT2D eigenvalue weighted by atomic mass is 9.84. The number of nitrogens with one attached hydrogen (secondary N) is 1. The third-order valence-electron chi connectivity index (χ3n) is 6.82. The standard InChI is InChI=1S/C26H29N5O2/c32-25(21-17-28-29-18-21)30-14-11-20(12-15-30)24(16-19-6-2-1-3-7-19)31(22-9-10-22)26(33)23-8-4-5-13-27-23/h1-8,13,17-18,20,22,24H,9-12,14-16H2,(H,28,29). The minimum absolute atomic E-state index is 0.0189. The highest BCUT2D eigenvalue weighted by molar-refractivity contribution is 5.94. The van der Waals surface area contributed by atoms with Crippen LogP contribution in [0.25, 0.3) is 0 Å². The average Bonchev–Trinajstić information content (AvgIpc) is 3.55. The number of hydrogen-bond donors (Lipinski definition) is 1. The molecule has 3 aromatic rings. The van der Waals surface area contributed by atoms with Crippen LogP contribution in [0.15, 0.2) is 67.1 Å². The van der Waals surface area contributed by atoms with Crippen molar-refractivity contribution in [2.75, 3.05) is 13.1 Å². The first-order valence-electron chi connectivity index (χ1n) is 11.8. The van der Waals surface area contributed by atoms with E-state index < -0.39 is 0 Å². The third kappa shape index (κ3) is 4.82. The molecule has 1 aromatic carbocycles. The van der Waals surface area contributed by atoms with E-state index in [4.69, 9.17) is 0 Å². The van der Waals surface area contributed by atoms with Gasteiger partial charge in [-0.3, -0.25) is 19.7 Å². The maximum Gasteiger partial charge on any atom is 0.272 e. The molecule has 2 amide bonds. The monoisotopic (exact) mass is 443 g/mol. The fourth-order valence-electron chi connectivity index (χ4n) is 4.95. The summed E-state index contributed by atoms with van der Waals surface area (Å²) in [5.74, 6) is 0.369. The Kier molecular flexibility index (Phi) is 6.19. The van der Waals surface area contributed by atoms with Crippen molar-refractivity contribution in [3.05, 3.63) is 83.9 Å². The molecule has 2 aliphatic rings. The second-order valence-corrected chi connectivity index (χ2v) is 9.03. The third-order valence-corrected chi connectivity index (χ3v) is 6.82. The van der Waals surface area contributed by atoms with Crippen molar-refractivity contribution in [3.63, 3.8) is 0 Å². The second kappa shape index (κ2) is 9.57. The quantitative estimate of drug-likeness (QED) is 0.605. The van der Waals surface area contributed by atoms with E-state index in [1.807, 2.05) is 29.2 Å². The molecule has 0 spiro atoms. The van der Waals surface area contributed by atoms with Crippen LogP contribution in [-0.2, 0) is 6.42 Å². The number of hydrogen-bond acceptors (Lipinski definition) is 4. The van der Waals surface area contributed by atoms with E-state index in [2.05, 4.69) is 44.3 Å². The number of H-pyrrole nitrogens is 1. The Bertz CT molecular complexity index is 1060. The molecule has 0 radical (unpaired) electrons. The zero-order valence-corrected chi connectivity index (χ0v) is 18.6. The largest absolute Gasteiger partial charge is 0.339 e. The summed E-state index contributed by atoms with van der Waals surface area (Å²) in [4.78, 5) is 34.8. The van der Waals surface area contributed by atoms with Crippen molar-refractivity contribution in [1.29, 1.82) is 0 Å². The van der Waals surface area contributed by atoms with E-state index in [9.17, 15) is 9.59 Å². The molecule has 1 aliphatic heterocycles. The topological polar surface area (TPSA) is 82.2 Å². The molecule has 5 rings (SSSR count). The molecule has 7 heteroatoms. The number of nitrogens with zero attached hydrogens (tertiary/aromatic N) is 4. The average molecular weight is 444 g/mol. The first-order valence-corrected chi connectivity index (χ1v) is 11.8. The first-order chi connectivity index (χ1) is 16.2. The Hall–Kier alpha value is -3.48. The highest BCUT2D eigenvalue weighted by Crippen LogP contribution is 2.36. The summed E-state index contributed by atoms with van der Waals surface area (Å²) in [5, 5.41) is 6.62. The van der Waals surface area contributed by atoms with Crippen LogP contribution in [-0.4, -0.2) is 62.0 Å². The number of pyridine rings is 1. The molecular weight excluding hydrogens is 414 g/mol. The second-order valence-electron chi connectivity index (χ2n) is 9.03. The fourth-order valence-corrected chi connectivity index (χ4v) is 4.95. The van der Waals surface area contributed by atoms with Crippen LogP contribution in [0, 0.1) is 5.92 Å². The number of rotatable bonds is 7. The van der Waals surface area contributed by atoms with E-state index >= 15 is 0 Å². The van der Waals surface area contributed by atoms with Crippen LogP contribution in [0.3, 0.4) is 0 Å². The van der Waals surface area contributed by atoms with Gasteiger partial charge in [0.1, 0.15) is 5.69 Å². The number of benzene rings is 1. The lowest BCUT2D eigenvalue weighted by Crippen LogP contribution is -2.51. The predicted octanol–water partition coefficient (Wildman–Crippen LogP) is 3.57. The van der Waals surface area contributed by atoms with Gasteiger partial charge in [-0.15, -0.1) is 0 Å². The van der Waals surface area contributed by atoms with Gasteiger partial charge in [-0.25, -0.2) is 0 Å². The number of carbonyl (C=O) groups is 2. The van der Waals surface area contributed by atoms with Crippen molar-refractivity contribution < 1.29 is 9.59 Å². The molecule has 1 unspecified atom stereocenters. The molecule has 170 valence electrons. The van der Waals surface area contributed by atoms with Gasteiger partial charge in [-0.1, -0.05) is 36.4 Å². The molecule has 3 heterocycles. The molecule has 1 saturated carbocycles. The van der Waals surface area contributed by atoms with Crippen LogP contribution in [0.2, 0.25) is 0 Å². The van der Waals surface area contributed by atoms with E-state index in [-0.39, 0.29) is 23.9 Å². The van der Waals surface area contributed by atoms with Gasteiger partial charge < -0.3 is 9.80 Å². The Morgan fingerprint density at radius 2 is 1.79 bits per heavy atom. The Morgan fingerprint density at radius 1 is 1.03 bits per heavy atom. The molecule has 7 nitrogen and oxygen atoms in total. The van der Waals surface area contributed by atoms with E-state index in [1.54, 1.807) is 18.6 Å². The number of piperidine rings is 1. The van der Waals surface area contributed by atoms with Crippen LogP contribution >= 0.6 is 0 Å². The Morgan fingerprint density at radius 3 is 2.42 bits per heavy atom. The predicted molar refractivity (Wildman–Crippen MR) is 125 cm³/mol. The van der Waals surface area contributed by atoms with Gasteiger partial charge in [-0.2, -0.15) is 5.10 Å². The van der Waals surface area contributed by atoms with Crippen molar-refractivity contribution in [1.82, 2.24) is 25.0 Å². The van der Waals surface area contributed by atoms with Crippen molar-refractivity contribution >= 4 is 11.8 Å². The Labute approximate surface area is 193 Å². The normalized spacial score (nSPS) is 17.5. The molecule has 33 heavy (non-hydrogen) atoms. The highest BCUT2D eigenvalue weighted by atomic mass is 16.2. The fraction of sp³-hybridized carbons (Fsp3) is 0.385. The SMILES string of the molecule is O=C(c1cn[nH]c1)N1CCC(C(Cc2ccccc2)N(C(=O)c2ccccn2)C2CC2)CC1.